The first-order chi connectivity index (χ1) is 18.4. The fourth-order valence-corrected chi connectivity index (χ4v) is 3.66. The van der Waals surface area contributed by atoms with E-state index in [1.54, 1.807) is 26.0 Å². The van der Waals surface area contributed by atoms with Crippen molar-refractivity contribution in [2.75, 3.05) is 0 Å². The van der Waals surface area contributed by atoms with Crippen LogP contribution < -0.4 is 21.7 Å². The van der Waals surface area contributed by atoms with Crippen LogP contribution in [-0.4, -0.2) is 79.1 Å². The lowest BCUT2D eigenvalue weighted by Gasteiger charge is -2.27. The van der Waals surface area contributed by atoms with Gasteiger partial charge in [-0.2, -0.15) is 0 Å². The Morgan fingerprint density at radius 2 is 1.56 bits per heavy atom. The molecule has 2 rings (SSSR count). The van der Waals surface area contributed by atoms with Crippen molar-refractivity contribution in [2.24, 2.45) is 11.7 Å². The van der Waals surface area contributed by atoms with E-state index < -0.39 is 66.2 Å². The molecule has 212 valence electrons. The van der Waals surface area contributed by atoms with Gasteiger partial charge in [0, 0.05) is 24.7 Å². The molecule has 14 nitrogen and oxygen atoms in total. The molecule has 0 spiro atoms. The van der Waals surface area contributed by atoms with Crippen molar-refractivity contribution in [3.63, 3.8) is 0 Å². The lowest BCUT2D eigenvalue weighted by Crippen LogP contribution is -2.58. The molecule has 1 aromatic carbocycles. The third-order valence-electron chi connectivity index (χ3n) is 5.85. The summed E-state index contributed by atoms with van der Waals surface area (Å²) in [5.41, 5.74) is 7.11. The molecule has 3 amide bonds. The van der Waals surface area contributed by atoms with E-state index in [1.165, 1.54) is 24.7 Å². The monoisotopic (exact) mass is 546 g/mol. The van der Waals surface area contributed by atoms with Crippen LogP contribution >= 0.6 is 0 Å². The number of amides is 3. The topological polar surface area (TPSA) is 237 Å². The van der Waals surface area contributed by atoms with Gasteiger partial charge in [-0.1, -0.05) is 26.0 Å². The van der Waals surface area contributed by atoms with Crippen molar-refractivity contribution in [3.8, 4) is 5.75 Å². The van der Waals surface area contributed by atoms with Gasteiger partial charge in [-0.05, 0) is 36.5 Å². The number of benzene rings is 1. The number of nitrogens with two attached hydrogens (primary N) is 1. The van der Waals surface area contributed by atoms with E-state index in [0.717, 1.165) is 0 Å². The van der Waals surface area contributed by atoms with Gasteiger partial charge in [-0.3, -0.25) is 19.2 Å². The lowest BCUT2D eigenvalue weighted by atomic mass is 10.0. The Bertz CT molecular complexity index is 1140. The smallest absolute Gasteiger partial charge is 0.326 e. The Kier molecular flexibility index (Phi) is 11.4. The number of imidazole rings is 1. The molecule has 9 N–H and O–H groups in total. The minimum atomic E-state index is -1.33. The number of phenolic OH excluding ortho intramolecular Hbond substituents is 1. The SMILES string of the molecule is CC(C)C(NC(=O)C(CCC(=O)O)NC(=O)C(N)Cc1ccc(O)cc1)C(=O)NC(Cc1cnc[nH]1)C(=O)O. The highest BCUT2D eigenvalue weighted by Crippen LogP contribution is 2.12. The fourth-order valence-electron chi connectivity index (χ4n) is 3.66. The molecule has 1 aromatic heterocycles. The number of hydrogen-bond donors (Lipinski definition) is 8. The minimum Gasteiger partial charge on any atom is -0.508 e. The summed E-state index contributed by atoms with van der Waals surface area (Å²) < 4.78 is 0. The van der Waals surface area contributed by atoms with Crippen LogP contribution in [0.15, 0.2) is 36.8 Å². The standard InChI is InChI=1S/C25H34N6O8/c1-13(2)21(24(37)30-19(25(38)39)10-15-11-27-12-28-15)31-23(36)18(7-8-20(33)34)29-22(35)17(26)9-14-3-5-16(32)6-4-14/h3-6,11-13,17-19,21,32H,7-10,26H2,1-2H3,(H,27,28)(H,29,35)(H,30,37)(H,31,36)(H,33,34)(H,38,39). The van der Waals surface area contributed by atoms with Crippen molar-refractivity contribution in [3.05, 3.63) is 48.0 Å². The average Bonchev–Trinajstić information content (AvgIpc) is 3.38. The van der Waals surface area contributed by atoms with Gasteiger partial charge in [-0.25, -0.2) is 9.78 Å². The Balaban J connectivity index is 2.10. The molecule has 4 atom stereocenters. The third-order valence-corrected chi connectivity index (χ3v) is 5.85. The number of nitrogens with one attached hydrogen (secondary N) is 4. The number of aromatic nitrogens is 2. The third kappa shape index (κ3) is 10.1. The molecule has 39 heavy (non-hydrogen) atoms. The van der Waals surface area contributed by atoms with E-state index >= 15 is 0 Å². The summed E-state index contributed by atoms with van der Waals surface area (Å²) in [4.78, 5) is 68.2. The Morgan fingerprint density at radius 3 is 2.10 bits per heavy atom. The summed E-state index contributed by atoms with van der Waals surface area (Å²) in [5, 5.41) is 35.4. The van der Waals surface area contributed by atoms with Crippen molar-refractivity contribution >= 4 is 29.7 Å². The van der Waals surface area contributed by atoms with Gasteiger partial charge in [0.25, 0.3) is 0 Å². The van der Waals surface area contributed by atoms with Crippen LogP contribution in [0, 0.1) is 5.92 Å². The van der Waals surface area contributed by atoms with Crippen LogP contribution in [0.4, 0.5) is 0 Å². The molecular formula is C25H34N6O8. The number of H-pyrrole nitrogens is 1. The van der Waals surface area contributed by atoms with E-state index in [9.17, 15) is 34.2 Å². The number of carbonyl (C=O) groups excluding carboxylic acids is 3. The highest BCUT2D eigenvalue weighted by atomic mass is 16.4. The number of carbonyl (C=O) groups is 5. The number of nitrogens with zero attached hydrogens (tertiary/aromatic N) is 1. The summed E-state index contributed by atoms with van der Waals surface area (Å²) in [5.74, 6) is -5.24. The number of aromatic amines is 1. The predicted octanol–water partition coefficient (Wildman–Crippen LogP) is -0.712. The summed E-state index contributed by atoms with van der Waals surface area (Å²) in [6.45, 7) is 3.27. The molecule has 0 aliphatic heterocycles. The number of aromatic hydroxyl groups is 1. The predicted molar refractivity (Wildman–Crippen MR) is 137 cm³/mol. The fraction of sp³-hybridized carbons (Fsp3) is 0.440. The normalized spacial score (nSPS) is 14.1. The molecule has 0 radical (unpaired) electrons. The first-order valence-corrected chi connectivity index (χ1v) is 12.2. The maximum Gasteiger partial charge on any atom is 0.326 e. The van der Waals surface area contributed by atoms with Crippen molar-refractivity contribution in [2.45, 2.75) is 63.7 Å². The number of phenols is 1. The van der Waals surface area contributed by atoms with Crippen LogP contribution in [0.3, 0.4) is 0 Å². The van der Waals surface area contributed by atoms with Crippen molar-refractivity contribution in [1.29, 1.82) is 0 Å². The van der Waals surface area contributed by atoms with Crippen LogP contribution in [0.25, 0.3) is 0 Å². The molecule has 0 fully saturated rings. The van der Waals surface area contributed by atoms with E-state index in [2.05, 4.69) is 25.9 Å². The molecular weight excluding hydrogens is 512 g/mol. The average molecular weight is 547 g/mol. The molecule has 4 unspecified atom stereocenters. The van der Waals surface area contributed by atoms with E-state index in [0.29, 0.717) is 11.3 Å². The number of aliphatic carboxylic acids is 2. The van der Waals surface area contributed by atoms with Crippen LogP contribution in [0.2, 0.25) is 0 Å². The van der Waals surface area contributed by atoms with Gasteiger partial charge in [-0.15, -0.1) is 0 Å². The number of carboxylic acids is 2. The van der Waals surface area contributed by atoms with E-state index in [4.69, 9.17) is 10.8 Å². The zero-order valence-electron chi connectivity index (χ0n) is 21.6. The van der Waals surface area contributed by atoms with Crippen LogP contribution in [0.1, 0.15) is 37.9 Å². The number of rotatable bonds is 15. The molecule has 0 aliphatic rings. The lowest BCUT2D eigenvalue weighted by molar-refractivity contribution is -0.142. The second-order valence-electron chi connectivity index (χ2n) is 9.38. The maximum atomic E-state index is 13.1. The van der Waals surface area contributed by atoms with Gasteiger partial charge < -0.3 is 42.0 Å². The molecule has 0 bridgehead atoms. The van der Waals surface area contributed by atoms with Gasteiger partial charge in [0.1, 0.15) is 23.9 Å². The molecule has 14 heteroatoms. The van der Waals surface area contributed by atoms with E-state index in [1.807, 2.05) is 0 Å². The Labute approximate surface area is 224 Å². The van der Waals surface area contributed by atoms with Crippen molar-refractivity contribution < 1.29 is 39.3 Å². The first kappa shape index (κ1) is 30.8. The highest BCUT2D eigenvalue weighted by molar-refractivity contribution is 5.94. The van der Waals surface area contributed by atoms with Crippen molar-refractivity contribution in [1.82, 2.24) is 25.9 Å². The summed E-state index contributed by atoms with van der Waals surface area (Å²) in [6.07, 6.45) is 2.08. The Morgan fingerprint density at radius 1 is 0.923 bits per heavy atom. The van der Waals surface area contributed by atoms with Gasteiger partial charge >= 0.3 is 11.9 Å². The second-order valence-corrected chi connectivity index (χ2v) is 9.38. The highest BCUT2D eigenvalue weighted by Gasteiger charge is 2.32. The zero-order chi connectivity index (χ0) is 29.1. The quantitative estimate of drug-likeness (QED) is 0.140. The molecule has 0 aliphatic carbocycles. The molecule has 2 aromatic rings. The zero-order valence-corrected chi connectivity index (χ0v) is 21.6. The maximum absolute atomic E-state index is 13.1. The van der Waals surface area contributed by atoms with Crippen LogP contribution in [0.5, 0.6) is 5.75 Å². The summed E-state index contributed by atoms with van der Waals surface area (Å²) >= 11 is 0. The van der Waals surface area contributed by atoms with Gasteiger partial charge in [0.15, 0.2) is 0 Å². The van der Waals surface area contributed by atoms with Crippen LogP contribution in [-0.2, 0) is 36.8 Å². The molecule has 1 heterocycles. The van der Waals surface area contributed by atoms with E-state index in [-0.39, 0.29) is 25.0 Å². The van der Waals surface area contributed by atoms with Gasteiger partial charge in [0.05, 0.1) is 12.4 Å². The largest absolute Gasteiger partial charge is 0.508 e. The minimum absolute atomic E-state index is 0.0434. The molecule has 0 saturated heterocycles. The second kappa shape index (κ2) is 14.5. The summed E-state index contributed by atoms with van der Waals surface area (Å²) in [7, 11) is 0. The number of carboxylic acid groups (broad SMARTS) is 2. The Hall–Kier alpha value is -4.46. The number of hydrogen-bond acceptors (Lipinski definition) is 8. The first-order valence-electron chi connectivity index (χ1n) is 12.2. The van der Waals surface area contributed by atoms with Gasteiger partial charge in [0.2, 0.25) is 17.7 Å². The summed E-state index contributed by atoms with van der Waals surface area (Å²) in [6, 6.07) is 1.13. The molecule has 0 saturated carbocycles.